The molecule has 0 amide bonds. The smallest absolute Gasteiger partial charge is 0.292 e. The molecule has 0 aliphatic heterocycles. The maximum Gasteiger partial charge on any atom is 0.432 e. The van der Waals surface area contributed by atoms with Gasteiger partial charge in [0.15, 0.2) is 0 Å². The Morgan fingerprint density at radius 2 is 1.52 bits per heavy atom. The summed E-state index contributed by atoms with van der Waals surface area (Å²) in [5.74, 6) is 0. The highest BCUT2D eigenvalue weighted by atomic mass is 35.5. The summed E-state index contributed by atoms with van der Waals surface area (Å²) < 4.78 is 40.0. The molecule has 0 unspecified atom stereocenters. The number of hydrogen-bond donors (Lipinski definition) is 0. The van der Waals surface area contributed by atoms with Crippen LogP contribution in [0.1, 0.15) is 11.3 Å². The summed E-state index contributed by atoms with van der Waals surface area (Å²) in [5.41, 5.74) is -4.30. The Morgan fingerprint density at radius 1 is 1.04 bits per heavy atom. The quantitative estimate of drug-likeness (QED) is 0.698. The lowest BCUT2D eigenvalue weighted by atomic mass is 10.2. The molecule has 2 rings (SSSR count). The molecule has 4 nitrogen and oxygen atoms in total. The largest absolute Gasteiger partial charge is 0.432 e. The molecule has 0 aliphatic carbocycles. The molecule has 0 N–H and O–H groups in total. The Balaban J connectivity index is 2.92. The molecule has 23 heavy (non-hydrogen) atoms. The van der Waals surface area contributed by atoms with Gasteiger partial charge >= 0.3 is 11.9 Å². The highest BCUT2D eigenvalue weighted by Crippen LogP contribution is 2.32. The molecule has 2 aromatic rings. The van der Waals surface area contributed by atoms with Gasteiger partial charge in [0, 0.05) is 12.6 Å². The standard InChI is InChI=1S/C13H8Cl3F3N2O2/c1-5-10(13(17,18)19)20(2)12(23)21(11(5)22)6-3-7(14)9(16)8(15)4-6/h3-4H,1-2H3. The van der Waals surface area contributed by atoms with Gasteiger partial charge in [0.25, 0.3) is 5.56 Å². The Kier molecular flexibility index (Phi) is 4.58. The van der Waals surface area contributed by atoms with E-state index in [4.69, 9.17) is 34.8 Å². The lowest BCUT2D eigenvalue weighted by Crippen LogP contribution is -2.42. The molecule has 1 aromatic heterocycles. The number of halogens is 6. The van der Waals surface area contributed by atoms with Crippen LogP contribution in [-0.4, -0.2) is 9.13 Å². The monoisotopic (exact) mass is 386 g/mol. The van der Waals surface area contributed by atoms with E-state index in [1.54, 1.807) is 0 Å². The second-order valence-corrected chi connectivity index (χ2v) is 5.87. The van der Waals surface area contributed by atoms with Crippen LogP contribution < -0.4 is 11.2 Å². The van der Waals surface area contributed by atoms with Crippen molar-refractivity contribution in [2.75, 3.05) is 0 Å². The first-order chi connectivity index (χ1) is 10.5. The van der Waals surface area contributed by atoms with Gasteiger partial charge in [0.05, 0.1) is 20.8 Å². The Bertz CT molecular complexity index is 856. The van der Waals surface area contributed by atoms with E-state index in [-0.39, 0.29) is 20.8 Å². The van der Waals surface area contributed by atoms with Crippen molar-refractivity contribution in [3.63, 3.8) is 0 Å². The molecular weight excluding hydrogens is 380 g/mol. The van der Waals surface area contributed by atoms with Crippen molar-refractivity contribution in [2.45, 2.75) is 13.1 Å². The minimum Gasteiger partial charge on any atom is -0.292 e. The number of aromatic nitrogens is 2. The first kappa shape index (κ1) is 17.9. The first-order valence-corrected chi connectivity index (χ1v) is 7.15. The number of hydrogen-bond acceptors (Lipinski definition) is 2. The molecule has 0 saturated carbocycles. The van der Waals surface area contributed by atoms with Gasteiger partial charge in [0.1, 0.15) is 5.69 Å². The Hall–Kier alpha value is -1.44. The van der Waals surface area contributed by atoms with E-state index in [0.717, 1.165) is 14.0 Å². The van der Waals surface area contributed by atoms with Crippen molar-refractivity contribution < 1.29 is 13.2 Å². The fourth-order valence-electron chi connectivity index (χ4n) is 2.15. The predicted octanol–water partition coefficient (Wildman–Crippen LogP) is 3.82. The topological polar surface area (TPSA) is 44.0 Å². The summed E-state index contributed by atoms with van der Waals surface area (Å²) >= 11 is 17.5. The molecular formula is C13H8Cl3F3N2O2. The van der Waals surface area contributed by atoms with E-state index in [0.29, 0.717) is 9.13 Å². The van der Waals surface area contributed by atoms with Crippen LogP contribution in [0.15, 0.2) is 21.7 Å². The molecule has 0 fully saturated rings. The molecule has 124 valence electrons. The van der Waals surface area contributed by atoms with Gasteiger partial charge in [-0.3, -0.25) is 9.36 Å². The molecule has 10 heteroatoms. The fraction of sp³-hybridized carbons (Fsp3) is 0.231. The molecule has 1 aromatic carbocycles. The van der Waals surface area contributed by atoms with Crippen LogP contribution in [0.25, 0.3) is 5.69 Å². The van der Waals surface area contributed by atoms with Gasteiger partial charge in [-0.05, 0) is 19.1 Å². The van der Waals surface area contributed by atoms with Gasteiger partial charge in [-0.2, -0.15) is 13.2 Å². The zero-order valence-electron chi connectivity index (χ0n) is 11.6. The minimum absolute atomic E-state index is 0.00518. The normalized spacial score (nSPS) is 11.8. The second kappa shape index (κ2) is 5.89. The molecule has 0 atom stereocenters. The van der Waals surface area contributed by atoms with E-state index >= 15 is 0 Å². The third-order valence-corrected chi connectivity index (χ3v) is 4.38. The number of alkyl halides is 3. The maximum atomic E-state index is 13.0. The number of rotatable bonds is 1. The van der Waals surface area contributed by atoms with Crippen molar-refractivity contribution >= 4 is 34.8 Å². The molecule has 0 saturated heterocycles. The number of nitrogens with zero attached hydrogens (tertiary/aromatic N) is 2. The first-order valence-electron chi connectivity index (χ1n) is 6.01. The summed E-state index contributed by atoms with van der Waals surface area (Å²) in [4.78, 5) is 24.5. The van der Waals surface area contributed by atoms with Crippen LogP contribution in [0.2, 0.25) is 15.1 Å². The van der Waals surface area contributed by atoms with Gasteiger partial charge in [-0.25, -0.2) is 9.36 Å². The molecule has 0 radical (unpaired) electrons. The summed E-state index contributed by atoms with van der Waals surface area (Å²) in [6.45, 7) is 0.986. The van der Waals surface area contributed by atoms with Gasteiger partial charge in [0.2, 0.25) is 0 Å². The fourth-order valence-corrected chi connectivity index (χ4v) is 2.74. The van der Waals surface area contributed by atoms with E-state index in [1.165, 1.54) is 12.1 Å². The highest BCUT2D eigenvalue weighted by Gasteiger charge is 2.37. The van der Waals surface area contributed by atoms with Crippen LogP contribution in [0.5, 0.6) is 0 Å². The maximum absolute atomic E-state index is 13.0. The molecule has 0 spiro atoms. The van der Waals surface area contributed by atoms with E-state index in [9.17, 15) is 22.8 Å². The van der Waals surface area contributed by atoms with Crippen LogP contribution in [0.3, 0.4) is 0 Å². The average Bonchev–Trinajstić information content (AvgIpc) is 2.41. The minimum atomic E-state index is -4.84. The summed E-state index contributed by atoms with van der Waals surface area (Å²) in [6, 6.07) is 2.34. The summed E-state index contributed by atoms with van der Waals surface area (Å²) in [7, 11) is 0.924. The highest BCUT2D eigenvalue weighted by molar-refractivity contribution is 6.48. The SMILES string of the molecule is Cc1c(C(F)(F)F)n(C)c(=O)n(-c2cc(Cl)c(Cl)c(Cl)c2)c1=O. The third-order valence-electron chi connectivity index (χ3n) is 3.19. The van der Waals surface area contributed by atoms with E-state index < -0.39 is 28.7 Å². The van der Waals surface area contributed by atoms with Crippen LogP contribution in [0.4, 0.5) is 13.2 Å². The molecule has 1 heterocycles. The Labute approximate surface area is 142 Å². The lowest BCUT2D eigenvalue weighted by Gasteiger charge is -2.17. The number of benzene rings is 1. The van der Waals surface area contributed by atoms with E-state index in [1.807, 2.05) is 0 Å². The van der Waals surface area contributed by atoms with Crippen LogP contribution in [0, 0.1) is 6.92 Å². The van der Waals surface area contributed by atoms with Crippen molar-refractivity contribution in [3.8, 4) is 5.69 Å². The zero-order chi connectivity index (χ0) is 17.7. The van der Waals surface area contributed by atoms with E-state index in [2.05, 4.69) is 0 Å². The van der Waals surface area contributed by atoms with Gasteiger partial charge in [-0.1, -0.05) is 34.8 Å². The Morgan fingerprint density at radius 3 is 1.96 bits per heavy atom. The average molecular weight is 388 g/mol. The molecule has 0 aliphatic rings. The summed E-state index contributed by atoms with van der Waals surface area (Å²) in [5, 5.41) is -0.0769. The van der Waals surface area contributed by atoms with Crippen LogP contribution in [-0.2, 0) is 13.2 Å². The van der Waals surface area contributed by atoms with Crippen LogP contribution >= 0.6 is 34.8 Å². The van der Waals surface area contributed by atoms with Crippen molar-refractivity contribution in [1.82, 2.24) is 9.13 Å². The molecule has 0 bridgehead atoms. The van der Waals surface area contributed by atoms with Gasteiger partial charge in [-0.15, -0.1) is 0 Å². The zero-order valence-corrected chi connectivity index (χ0v) is 13.9. The predicted molar refractivity (Wildman–Crippen MR) is 82.0 cm³/mol. The summed E-state index contributed by atoms with van der Waals surface area (Å²) in [6.07, 6.45) is -4.84. The second-order valence-electron chi connectivity index (χ2n) is 4.68. The van der Waals surface area contributed by atoms with Crippen molar-refractivity contribution in [3.05, 3.63) is 59.3 Å². The lowest BCUT2D eigenvalue weighted by molar-refractivity contribution is -0.144. The van der Waals surface area contributed by atoms with Crippen molar-refractivity contribution in [2.24, 2.45) is 7.05 Å². The van der Waals surface area contributed by atoms with Crippen molar-refractivity contribution in [1.29, 1.82) is 0 Å². The van der Waals surface area contributed by atoms with Gasteiger partial charge < -0.3 is 0 Å². The third kappa shape index (κ3) is 3.00.